The number of nitrogens with two attached hydrogens (primary N) is 1. The van der Waals surface area contributed by atoms with E-state index in [4.69, 9.17) is 17.4 Å². The number of hydrazine groups is 1. The van der Waals surface area contributed by atoms with Gasteiger partial charge in [-0.1, -0.05) is 17.7 Å². The fourth-order valence-corrected chi connectivity index (χ4v) is 2.99. The largest absolute Gasteiger partial charge is 0.303 e. The summed E-state index contributed by atoms with van der Waals surface area (Å²) in [6.07, 6.45) is 3.11. The molecule has 1 aliphatic heterocycles. The molecular weight excluding hydrogens is 293 g/mol. The molecule has 116 valence electrons. The van der Waals surface area contributed by atoms with Gasteiger partial charge in [0.2, 0.25) is 5.91 Å². The molecule has 4 nitrogen and oxygen atoms in total. The molecule has 1 aromatic rings. The van der Waals surface area contributed by atoms with E-state index in [0.29, 0.717) is 11.4 Å². The molecule has 1 heterocycles. The minimum absolute atomic E-state index is 0.131. The first-order valence-corrected chi connectivity index (χ1v) is 7.64. The molecule has 0 aliphatic carbocycles. The van der Waals surface area contributed by atoms with E-state index in [1.165, 1.54) is 6.07 Å². The third-order valence-electron chi connectivity index (χ3n) is 4.03. The molecule has 1 fully saturated rings. The first-order valence-electron chi connectivity index (χ1n) is 7.27. The predicted octanol–water partition coefficient (Wildman–Crippen LogP) is 2.43. The molecule has 1 aliphatic rings. The second-order valence-corrected chi connectivity index (χ2v) is 5.89. The number of halogens is 2. The van der Waals surface area contributed by atoms with Gasteiger partial charge in [-0.2, -0.15) is 0 Å². The van der Waals surface area contributed by atoms with Gasteiger partial charge in [-0.25, -0.2) is 10.2 Å². The zero-order valence-electron chi connectivity index (χ0n) is 11.9. The van der Waals surface area contributed by atoms with Crippen LogP contribution in [0.3, 0.4) is 0 Å². The lowest BCUT2D eigenvalue weighted by molar-refractivity contribution is -0.121. The maximum Gasteiger partial charge on any atom is 0.233 e. The normalized spacial score (nSPS) is 16.9. The minimum Gasteiger partial charge on any atom is -0.303 e. The lowest BCUT2D eigenvalue weighted by atomic mass is 9.89. The maximum absolute atomic E-state index is 13.9. The number of carbonyl (C=O) groups is 1. The number of hydrogen-bond acceptors (Lipinski definition) is 3. The van der Waals surface area contributed by atoms with Gasteiger partial charge in [0.15, 0.2) is 0 Å². The monoisotopic (exact) mass is 313 g/mol. The second kappa shape index (κ2) is 7.73. The summed E-state index contributed by atoms with van der Waals surface area (Å²) >= 11 is 5.78. The highest BCUT2D eigenvalue weighted by Crippen LogP contribution is 2.31. The van der Waals surface area contributed by atoms with E-state index in [9.17, 15) is 9.18 Å². The van der Waals surface area contributed by atoms with Gasteiger partial charge in [0.25, 0.3) is 0 Å². The fraction of sp³-hybridized carbons (Fsp3) is 0.533. The molecule has 0 radical (unpaired) electrons. The van der Waals surface area contributed by atoms with Gasteiger partial charge in [0, 0.05) is 11.4 Å². The SMILES string of the molecule is NNC(=O)CCCN1CCC(c2ccc(Cl)cc2F)CC1. The second-order valence-electron chi connectivity index (χ2n) is 5.45. The van der Waals surface area contributed by atoms with Crippen molar-refractivity contribution >= 4 is 17.5 Å². The van der Waals surface area contributed by atoms with Crippen LogP contribution in [0.4, 0.5) is 4.39 Å². The highest BCUT2D eigenvalue weighted by atomic mass is 35.5. The van der Waals surface area contributed by atoms with Crippen molar-refractivity contribution in [3.8, 4) is 0 Å². The van der Waals surface area contributed by atoms with Crippen LogP contribution < -0.4 is 11.3 Å². The summed E-state index contributed by atoms with van der Waals surface area (Å²) in [7, 11) is 0. The molecule has 0 atom stereocenters. The van der Waals surface area contributed by atoms with Crippen LogP contribution in [0.25, 0.3) is 0 Å². The maximum atomic E-state index is 13.9. The molecule has 1 amide bonds. The van der Waals surface area contributed by atoms with Crippen LogP contribution in [-0.4, -0.2) is 30.4 Å². The van der Waals surface area contributed by atoms with E-state index in [-0.39, 0.29) is 17.6 Å². The number of amides is 1. The topological polar surface area (TPSA) is 58.4 Å². The summed E-state index contributed by atoms with van der Waals surface area (Å²) in [5, 5.41) is 0.437. The standard InChI is InChI=1S/C15H21ClFN3O/c16-12-3-4-13(14(17)10-12)11-5-8-20(9-6-11)7-1-2-15(21)19-18/h3-4,10-11H,1-2,5-9,18H2,(H,19,21). The van der Waals surface area contributed by atoms with Gasteiger partial charge in [0.1, 0.15) is 5.82 Å². The first-order chi connectivity index (χ1) is 10.1. The third-order valence-corrected chi connectivity index (χ3v) is 4.26. The summed E-state index contributed by atoms with van der Waals surface area (Å²) in [5.41, 5.74) is 2.90. The number of carbonyl (C=O) groups excluding carboxylic acids is 1. The molecular formula is C15H21ClFN3O. The Bertz CT molecular complexity index is 490. The molecule has 21 heavy (non-hydrogen) atoms. The molecule has 0 unspecified atom stereocenters. The Hall–Kier alpha value is -1.17. The third kappa shape index (κ3) is 4.66. The van der Waals surface area contributed by atoms with E-state index in [0.717, 1.165) is 44.5 Å². The van der Waals surface area contributed by atoms with E-state index in [1.807, 2.05) is 0 Å². The summed E-state index contributed by atoms with van der Waals surface area (Å²) < 4.78 is 13.9. The van der Waals surface area contributed by atoms with Gasteiger partial charge >= 0.3 is 0 Å². The Morgan fingerprint density at radius 3 is 2.76 bits per heavy atom. The Balaban J connectivity index is 1.79. The van der Waals surface area contributed by atoms with Gasteiger partial charge in [-0.3, -0.25) is 10.2 Å². The number of nitrogens with one attached hydrogen (secondary N) is 1. The Kier molecular flexibility index (Phi) is 5.96. The van der Waals surface area contributed by atoms with Crippen LogP contribution in [0.1, 0.15) is 37.2 Å². The van der Waals surface area contributed by atoms with E-state index in [1.54, 1.807) is 12.1 Å². The average Bonchev–Trinajstić information content (AvgIpc) is 2.48. The van der Waals surface area contributed by atoms with Gasteiger partial charge < -0.3 is 4.90 Å². The number of benzene rings is 1. The Labute approximate surface area is 129 Å². The van der Waals surface area contributed by atoms with Gasteiger partial charge in [-0.15, -0.1) is 0 Å². The van der Waals surface area contributed by atoms with Crippen molar-refractivity contribution in [3.63, 3.8) is 0 Å². The van der Waals surface area contributed by atoms with Crippen LogP contribution in [-0.2, 0) is 4.79 Å². The van der Waals surface area contributed by atoms with Crippen molar-refractivity contribution in [2.75, 3.05) is 19.6 Å². The van der Waals surface area contributed by atoms with Crippen molar-refractivity contribution in [1.29, 1.82) is 0 Å². The number of likely N-dealkylation sites (tertiary alicyclic amines) is 1. The fourth-order valence-electron chi connectivity index (χ4n) is 2.84. The zero-order valence-corrected chi connectivity index (χ0v) is 12.7. The number of hydrogen-bond donors (Lipinski definition) is 2. The zero-order chi connectivity index (χ0) is 15.2. The molecule has 3 N–H and O–H groups in total. The first kappa shape index (κ1) is 16.2. The molecule has 1 saturated heterocycles. The summed E-state index contributed by atoms with van der Waals surface area (Å²) in [6, 6.07) is 4.93. The van der Waals surface area contributed by atoms with E-state index >= 15 is 0 Å². The molecule has 2 rings (SSSR count). The van der Waals surface area contributed by atoms with E-state index < -0.39 is 0 Å². The van der Waals surface area contributed by atoms with Crippen LogP contribution in [0.15, 0.2) is 18.2 Å². The smallest absolute Gasteiger partial charge is 0.233 e. The summed E-state index contributed by atoms with van der Waals surface area (Å²) in [4.78, 5) is 13.4. The summed E-state index contributed by atoms with van der Waals surface area (Å²) in [6.45, 7) is 2.73. The molecule has 0 aromatic heterocycles. The number of rotatable bonds is 5. The van der Waals surface area contributed by atoms with Crippen LogP contribution in [0.2, 0.25) is 5.02 Å². The average molecular weight is 314 g/mol. The van der Waals surface area contributed by atoms with Crippen molar-refractivity contribution in [3.05, 3.63) is 34.6 Å². The van der Waals surface area contributed by atoms with Crippen molar-refractivity contribution < 1.29 is 9.18 Å². The minimum atomic E-state index is -0.208. The highest BCUT2D eigenvalue weighted by Gasteiger charge is 2.22. The van der Waals surface area contributed by atoms with Gasteiger partial charge in [-0.05, 0) is 62.5 Å². The van der Waals surface area contributed by atoms with Crippen molar-refractivity contribution in [1.82, 2.24) is 10.3 Å². The van der Waals surface area contributed by atoms with Crippen molar-refractivity contribution in [2.24, 2.45) is 5.84 Å². The molecule has 0 saturated carbocycles. The van der Waals surface area contributed by atoms with Crippen molar-refractivity contribution in [2.45, 2.75) is 31.6 Å². The lowest BCUT2D eigenvalue weighted by Gasteiger charge is -2.32. The quantitative estimate of drug-likeness (QED) is 0.499. The van der Waals surface area contributed by atoms with Crippen LogP contribution in [0, 0.1) is 5.82 Å². The Morgan fingerprint density at radius 2 is 2.14 bits per heavy atom. The Morgan fingerprint density at radius 1 is 1.43 bits per heavy atom. The number of piperidine rings is 1. The summed E-state index contributed by atoms with van der Waals surface area (Å²) in [5.74, 6) is 4.96. The highest BCUT2D eigenvalue weighted by molar-refractivity contribution is 6.30. The van der Waals surface area contributed by atoms with Gasteiger partial charge in [0.05, 0.1) is 0 Å². The molecule has 0 bridgehead atoms. The van der Waals surface area contributed by atoms with E-state index in [2.05, 4.69) is 10.3 Å². The molecule has 0 spiro atoms. The number of nitrogens with zero attached hydrogens (tertiary/aromatic N) is 1. The van der Waals surface area contributed by atoms with Crippen LogP contribution >= 0.6 is 11.6 Å². The van der Waals surface area contributed by atoms with Crippen LogP contribution in [0.5, 0.6) is 0 Å². The lowest BCUT2D eigenvalue weighted by Crippen LogP contribution is -2.35. The predicted molar refractivity (Wildman–Crippen MR) is 81.4 cm³/mol. The molecule has 6 heteroatoms. The molecule has 1 aromatic carbocycles.